The topological polar surface area (TPSA) is 58.4 Å². The molecule has 0 bridgehead atoms. The summed E-state index contributed by atoms with van der Waals surface area (Å²) in [7, 11) is 0. The molecule has 0 aliphatic carbocycles. The van der Waals surface area contributed by atoms with Crippen LogP contribution < -0.4 is 11.1 Å². The third-order valence-corrected chi connectivity index (χ3v) is 3.46. The predicted molar refractivity (Wildman–Crippen MR) is 66.2 cm³/mol. The highest BCUT2D eigenvalue weighted by Crippen LogP contribution is 2.14. The lowest BCUT2D eigenvalue weighted by molar-refractivity contribution is -0.124. The highest BCUT2D eigenvalue weighted by Gasteiger charge is 2.29. The standard InChI is InChI=1S/C12H25N3O/c1-3-14-12(2,11(13)16)7-6-10-15-8-4-5-9-15/h14H,3-10H2,1-2H3,(H2,13,16). The number of nitrogens with two attached hydrogens (primary N) is 1. The molecule has 1 saturated heterocycles. The highest BCUT2D eigenvalue weighted by molar-refractivity contribution is 5.84. The first-order valence-corrected chi connectivity index (χ1v) is 6.36. The van der Waals surface area contributed by atoms with Gasteiger partial charge < -0.3 is 16.0 Å². The average molecular weight is 227 g/mol. The Morgan fingerprint density at radius 2 is 2.06 bits per heavy atom. The summed E-state index contributed by atoms with van der Waals surface area (Å²) >= 11 is 0. The van der Waals surface area contributed by atoms with Crippen LogP contribution in [0.4, 0.5) is 0 Å². The van der Waals surface area contributed by atoms with Gasteiger partial charge in [-0.05, 0) is 58.8 Å². The molecule has 1 rings (SSSR count). The van der Waals surface area contributed by atoms with Gasteiger partial charge in [0.05, 0.1) is 5.54 Å². The molecule has 16 heavy (non-hydrogen) atoms. The number of likely N-dealkylation sites (tertiary alicyclic amines) is 1. The van der Waals surface area contributed by atoms with Crippen molar-refractivity contribution in [2.45, 2.75) is 45.1 Å². The third-order valence-electron chi connectivity index (χ3n) is 3.46. The van der Waals surface area contributed by atoms with Crippen molar-refractivity contribution in [3.63, 3.8) is 0 Å². The lowest BCUT2D eigenvalue weighted by atomic mass is 9.95. The molecule has 0 aromatic carbocycles. The van der Waals surface area contributed by atoms with E-state index in [4.69, 9.17) is 5.73 Å². The van der Waals surface area contributed by atoms with E-state index in [2.05, 4.69) is 10.2 Å². The molecule has 1 atom stereocenters. The zero-order valence-electron chi connectivity index (χ0n) is 10.6. The van der Waals surface area contributed by atoms with Crippen LogP contribution in [-0.4, -0.2) is 42.5 Å². The largest absolute Gasteiger partial charge is 0.368 e. The van der Waals surface area contributed by atoms with Crippen molar-refractivity contribution in [2.24, 2.45) is 5.73 Å². The Balaban J connectivity index is 2.29. The summed E-state index contributed by atoms with van der Waals surface area (Å²) in [4.78, 5) is 13.9. The van der Waals surface area contributed by atoms with Crippen LogP contribution in [0, 0.1) is 0 Å². The summed E-state index contributed by atoms with van der Waals surface area (Å²) in [5.74, 6) is -0.240. The molecule has 94 valence electrons. The molecule has 0 aromatic rings. The molecule has 0 aromatic heterocycles. The number of nitrogens with one attached hydrogen (secondary N) is 1. The monoisotopic (exact) mass is 227 g/mol. The summed E-state index contributed by atoms with van der Waals surface area (Å²) in [6.07, 6.45) is 4.50. The van der Waals surface area contributed by atoms with Gasteiger partial charge in [0.15, 0.2) is 0 Å². The zero-order chi connectivity index (χ0) is 12.0. The SMILES string of the molecule is CCNC(C)(CCCN1CCCC1)C(N)=O. The van der Waals surface area contributed by atoms with Crippen molar-refractivity contribution in [1.82, 2.24) is 10.2 Å². The average Bonchev–Trinajstić information content (AvgIpc) is 2.70. The maximum absolute atomic E-state index is 11.4. The summed E-state index contributed by atoms with van der Waals surface area (Å²) in [5.41, 5.74) is 4.90. The molecule has 1 aliphatic rings. The van der Waals surface area contributed by atoms with Crippen molar-refractivity contribution in [3.8, 4) is 0 Å². The normalized spacial score (nSPS) is 20.9. The number of primary amides is 1. The molecular formula is C12H25N3O. The molecule has 0 radical (unpaired) electrons. The van der Waals surface area contributed by atoms with Gasteiger partial charge in [-0.3, -0.25) is 4.79 Å². The number of rotatable bonds is 7. The van der Waals surface area contributed by atoms with Crippen molar-refractivity contribution in [1.29, 1.82) is 0 Å². The van der Waals surface area contributed by atoms with Gasteiger partial charge >= 0.3 is 0 Å². The third kappa shape index (κ3) is 3.76. The van der Waals surface area contributed by atoms with E-state index in [9.17, 15) is 4.79 Å². The van der Waals surface area contributed by atoms with Gasteiger partial charge in [-0.1, -0.05) is 6.92 Å². The Kier molecular flexibility index (Phi) is 5.22. The van der Waals surface area contributed by atoms with Crippen LogP contribution in [-0.2, 0) is 4.79 Å². The fourth-order valence-electron chi connectivity index (χ4n) is 2.35. The van der Waals surface area contributed by atoms with Gasteiger partial charge in [-0.2, -0.15) is 0 Å². The molecule has 1 aliphatic heterocycles. The number of hydrogen-bond donors (Lipinski definition) is 2. The highest BCUT2D eigenvalue weighted by atomic mass is 16.1. The van der Waals surface area contributed by atoms with E-state index in [1.165, 1.54) is 25.9 Å². The van der Waals surface area contributed by atoms with Gasteiger partial charge in [0.25, 0.3) is 0 Å². The van der Waals surface area contributed by atoms with E-state index in [-0.39, 0.29) is 5.91 Å². The van der Waals surface area contributed by atoms with Crippen molar-refractivity contribution in [3.05, 3.63) is 0 Å². The number of hydrogen-bond acceptors (Lipinski definition) is 3. The Bertz CT molecular complexity index is 226. The van der Waals surface area contributed by atoms with Crippen LogP contribution in [0.15, 0.2) is 0 Å². The van der Waals surface area contributed by atoms with Gasteiger partial charge in [0, 0.05) is 0 Å². The molecule has 4 nitrogen and oxygen atoms in total. The Hall–Kier alpha value is -0.610. The minimum Gasteiger partial charge on any atom is -0.368 e. The maximum Gasteiger partial charge on any atom is 0.237 e. The van der Waals surface area contributed by atoms with Gasteiger partial charge in [0.1, 0.15) is 0 Å². The van der Waals surface area contributed by atoms with E-state index in [0.717, 1.165) is 25.9 Å². The molecule has 0 spiro atoms. The Labute approximate surface area is 98.6 Å². The van der Waals surface area contributed by atoms with Crippen molar-refractivity contribution in [2.75, 3.05) is 26.2 Å². The van der Waals surface area contributed by atoms with Gasteiger partial charge in [-0.25, -0.2) is 0 Å². The van der Waals surface area contributed by atoms with Crippen molar-refractivity contribution < 1.29 is 4.79 Å². The number of amides is 1. The molecule has 4 heteroatoms. The first kappa shape index (κ1) is 13.5. The van der Waals surface area contributed by atoms with Gasteiger partial charge in [0.2, 0.25) is 5.91 Å². The molecular weight excluding hydrogens is 202 g/mol. The number of likely N-dealkylation sites (N-methyl/N-ethyl adjacent to an activating group) is 1. The Morgan fingerprint density at radius 3 is 2.56 bits per heavy atom. The van der Waals surface area contributed by atoms with Crippen molar-refractivity contribution >= 4 is 5.91 Å². The van der Waals surface area contributed by atoms with Crippen LogP contribution >= 0.6 is 0 Å². The summed E-state index contributed by atoms with van der Waals surface area (Å²) in [6, 6.07) is 0. The minimum absolute atomic E-state index is 0.240. The number of nitrogens with zero attached hydrogens (tertiary/aromatic N) is 1. The second-order valence-corrected chi connectivity index (χ2v) is 4.88. The van der Waals surface area contributed by atoms with E-state index in [0.29, 0.717) is 0 Å². The Morgan fingerprint density at radius 1 is 1.44 bits per heavy atom. The fourth-order valence-corrected chi connectivity index (χ4v) is 2.35. The lowest BCUT2D eigenvalue weighted by Gasteiger charge is -2.27. The lowest BCUT2D eigenvalue weighted by Crippen LogP contribution is -2.53. The van der Waals surface area contributed by atoms with Crippen LogP contribution in [0.3, 0.4) is 0 Å². The maximum atomic E-state index is 11.4. The van der Waals surface area contributed by atoms with E-state index >= 15 is 0 Å². The minimum atomic E-state index is -0.533. The fraction of sp³-hybridized carbons (Fsp3) is 0.917. The van der Waals surface area contributed by atoms with Crippen LogP contribution in [0.1, 0.15) is 39.5 Å². The number of carbonyl (C=O) groups excluding carboxylic acids is 1. The molecule has 3 N–H and O–H groups in total. The van der Waals surface area contributed by atoms with Crippen LogP contribution in [0.2, 0.25) is 0 Å². The first-order chi connectivity index (χ1) is 7.58. The van der Waals surface area contributed by atoms with E-state index < -0.39 is 5.54 Å². The number of carbonyl (C=O) groups is 1. The smallest absolute Gasteiger partial charge is 0.237 e. The second-order valence-electron chi connectivity index (χ2n) is 4.88. The van der Waals surface area contributed by atoms with Crippen LogP contribution in [0.25, 0.3) is 0 Å². The molecule has 1 amide bonds. The zero-order valence-corrected chi connectivity index (χ0v) is 10.6. The molecule has 1 fully saturated rings. The molecule has 1 heterocycles. The molecule has 1 unspecified atom stereocenters. The van der Waals surface area contributed by atoms with Gasteiger partial charge in [-0.15, -0.1) is 0 Å². The summed E-state index contributed by atoms with van der Waals surface area (Å²) in [5, 5.41) is 3.19. The quantitative estimate of drug-likeness (QED) is 0.673. The summed E-state index contributed by atoms with van der Waals surface area (Å²) < 4.78 is 0. The van der Waals surface area contributed by atoms with E-state index in [1.807, 2.05) is 13.8 Å². The first-order valence-electron chi connectivity index (χ1n) is 6.36. The molecule has 0 saturated carbocycles. The predicted octanol–water partition coefficient (Wildman–Crippen LogP) is 0.716. The summed E-state index contributed by atoms with van der Waals surface area (Å²) in [6.45, 7) is 8.21. The second kappa shape index (κ2) is 6.21. The van der Waals surface area contributed by atoms with E-state index in [1.54, 1.807) is 0 Å². The van der Waals surface area contributed by atoms with Crippen LogP contribution in [0.5, 0.6) is 0 Å².